The van der Waals surface area contributed by atoms with Crippen LogP contribution in [0, 0.1) is 12.7 Å². The van der Waals surface area contributed by atoms with Gasteiger partial charge in [0, 0.05) is 18.2 Å². The molecule has 1 N–H and O–H groups in total. The van der Waals surface area contributed by atoms with E-state index < -0.39 is 17.6 Å². The fourth-order valence-electron chi connectivity index (χ4n) is 3.20. The molecule has 0 amide bonds. The number of likely N-dealkylation sites (tertiary alicyclic amines) is 1. The number of aryl methyl sites for hydroxylation is 1. The Hall–Kier alpha value is -2.22. The van der Waals surface area contributed by atoms with Crippen molar-refractivity contribution in [3.8, 4) is 11.3 Å². The van der Waals surface area contributed by atoms with Gasteiger partial charge < -0.3 is 10.2 Å². The van der Waals surface area contributed by atoms with Crippen molar-refractivity contribution in [2.45, 2.75) is 32.0 Å². The van der Waals surface area contributed by atoms with E-state index in [9.17, 15) is 17.6 Å². The van der Waals surface area contributed by atoms with Crippen LogP contribution >= 0.6 is 0 Å². The molecular formula is C18H20F4N4. The molecule has 3 rings (SSSR count). The summed E-state index contributed by atoms with van der Waals surface area (Å²) in [6.07, 6.45) is -2.46. The highest BCUT2D eigenvalue weighted by molar-refractivity contribution is 5.65. The number of hydrogen-bond acceptors (Lipinski definition) is 4. The maximum atomic E-state index is 14.2. The summed E-state index contributed by atoms with van der Waals surface area (Å²) in [5, 5.41) is 11.4. The Morgan fingerprint density at radius 1 is 1.19 bits per heavy atom. The molecule has 1 aliphatic heterocycles. The molecular weight excluding hydrogens is 348 g/mol. The zero-order chi connectivity index (χ0) is 18.9. The Labute approximate surface area is 149 Å². The minimum atomic E-state index is -4.58. The second-order valence-electron chi connectivity index (χ2n) is 6.70. The molecule has 0 bridgehead atoms. The van der Waals surface area contributed by atoms with E-state index in [1.165, 1.54) is 0 Å². The van der Waals surface area contributed by atoms with Crippen LogP contribution in [0.5, 0.6) is 0 Å². The van der Waals surface area contributed by atoms with E-state index in [4.69, 9.17) is 0 Å². The summed E-state index contributed by atoms with van der Waals surface area (Å²) >= 11 is 0. The molecule has 0 unspecified atom stereocenters. The SMILES string of the molecule is Cc1cc(N[C@@H]2CCCN(C)C2)nnc1-c1ccc(C(F)(F)F)cc1F. The van der Waals surface area contributed by atoms with E-state index >= 15 is 0 Å². The zero-order valence-electron chi connectivity index (χ0n) is 14.6. The molecule has 4 nitrogen and oxygen atoms in total. The monoisotopic (exact) mass is 368 g/mol. The maximum Gasteiger partial charge on any atom is 0.416 e. The van der Waals surface area contributed by atoms with Crippen molar-refractivity contribution in [3.05, 3.63) is 41.2 Å². The third kappa shape index (κ3) is 4.12. The van der Waals surface area contributed by atoms with Crippen LogP contribution in [0.4, 0.5) is 23.4 Å². The first-order valence-corrected chi connectivity index (χ1v) is 8.40. The molecule has 0 spiro atoms. The highest BCUT2D eigenvalue weighted by Crippen LogP contribution is 2.33. The van der Waals surface area contributed by atoms with E-state index in [-0.39, 0.29) is 17.3 Å². The first kappa shape index (κ1) is 18.6. The number of hydrogen-bond donors (Lipinski definition) is 1. The zero-order valence-corrected chi connectivity index (χ0v) is 14.6. The van der Waals surface area contributed by atoms with Crippen molar-refractivity contribution in [2.75, 3.05) is 25.5 Å². The van der Waals surface area contributed by atoms with Gasteiger partial charge in [0.1, 0.15) is 11.6 Å². The van der Waals surface area contributed by atoms with Gasteiger partial charge in [0.25, 0.3) is 0 Å². The number of anilines is 1. The van der Waals surface area contributed by atoms with Crippen LogP contribution in [0.15, 0.2) is 24.3 Å². The van der Waals surface area contributed by atoms with Gasteiger partial charge in [-0.05, 0) is 63.2 Å². The fraction of sp³-hybridized carbons (Fsp3) is 0.444. The summed E-state index contributed by atoms with van der Waals surface area (Å²) in [5.74, 6) is -0.384. The molecule has 26 heavy (non-hydrogen) atoms. The molecule has 2 heterocycles. The van der Waals surface area contributed by atoms with Crippen molar-refractivity contribution in [1.82, 2.24) is 15.1 Å². The molecule has 1 atom stereocenters. The van der Waals surface area contributed by atoms with Crippen LogP contribution in [0.25, 0.3) is 11.3 Å². The lowest BCUT2D eigenvalue weighted by molar-refractivity contribution is -0.137. The summed E-state index contributed by atoms with van der Waals surface area (Å²) in [6.45, 7) is 3.70. The van der Waals surface area contributed by atoms with E-state index in [0.717, 1.165) is 38.1 Å². The summed E-state index contributed by atoms with van der Waals surface area (Å²) in [4.78, 5) is 2.23. The Balaban J connectivity index is 1.81. The van der Waals surface area contributed by atoms with E-state index in [1.54, 1.807) is 13.0 Å². The normalized spacial score (nSPS) is 18.8. The van der Waals surface area contributed by atoms with E-state index in [1.807, 2.05) is 0 Å². The number of rotatable bonds is 3. The highest BCUT2D eigenvalue weighted by Gasteiger charge is 2.31. The number of likely N-dealkylation sites (N-methyl/N-ethyl adjacent to an activating group) is 1. The van der Waals surface area contributed by atoms with Gasteiger partial charge in [-0.2, -0.15) is 13.2 Å². The van der Waals surface area contributed by atoms with Crippen molar-refractivity contribution >= 4 is 5.82 Å². The first-order valence-electron chi connectivity index (χ1n) is 8.40. The summed E-state index contributed by atoms with van der Waals surface area (Å²) in [7, 11) is 2.06. The fourth-order valence-corrected chi connectivity index (χ4v) is 3.20. The second-order valence-corrected chi connectivity index (χ2v) is 6.70. The molecule has 1 aromatic carbocycles. The van der Waals surface area contributed by atoms with Crippen LogP contribution in [0.3, 0.4) is 0 Å². The lowest BCUT2D eigenvalue weighted by atomic mass is 10.0. The van der Waals surface area contributed by atoms with Crippen LogP contribution in [0.1, 0.15) is 24.0 Å². The molecule has 1 aliphatic rings. The summed E-state index contributed by atoms with van der Waals surface area (Å²) in [6, 6.07) is 4.44. The number of halogens is 4. The average molecular weight is 368 g/mol. The van der Waals surface area contributed by atoms with Crippen LogP contribution in [0.2, 0.25) is 0 Å². The predicted molar refractivity (Wildman–Crippen MR) is 91.3 cm³/mol. The van der Waals surface area contributed by atoms with Crippen molar-refractivity contribution in [2.24, 2.45) is 0 Å². The van der Waals surface area contributed by atoms with Gasteiger partial charge in [-0.3, -0.25) is 0 Å². The van der Waals surface area contributed by atoms with Crippen molar-refractivity contribution in [1.29, 1.82) is 0 Å². The summed E-state index contributed by atoms with van der Waals surface area (Å²) in [5.41, 5.74) is -0.135. The Morgan fingerprint density at radius 2 is 1.96 bits per heavy atom. The molecule has 0 aliphatic carbocycles. The molecule has 2 aromatic rings. The van der Waals surface area contributed by atoms with Crippen molar-refractivity contribution < 1.29 is 17.6 Å². The number of benzene rings is 1. The first-order chi connectivity index (χ1) is 12.2. The van der Waals surface area contributed by atoms with Gasteiger partial charge in [-0.25, -0.2) is 4.39 Å². The number of nitrogens with one attached hydrogen (secondary N) is 1. The minimum Gasteiger partial charge on any atom is -0.365 e. The minimum absolute atomic E-state index is 0.00643. The lowest BCUT2D eigenvalue weighted by Crippen LogP contribution is -2.39. The molecule has 1 aromatic heterocycles. The van der Waals surface area contributed by atoms with Gasteiger partial charge >= 0.3 is 6.18 Å². The molecule has 1 fully saturated rings. The average Bonchev–Trinajstić information content (AvgIpc) is 2.55. The molecule has 0 saturated carbocycles. The number of aromatic nitrogens is 2. The van der Waals surface area contributed by atoms with E-state index in [2.05, 4.69) is 27.5 Å². The molecule has 1 saturated heterocycles. The Bertz CT molecular complexity index is 791. The van der Waals surface area contributed by atoms with E-state index in [0.29, 0.717) is 17.4 Å². The smallest absolute Gasteiger partial charge is 0.365 e. The Kier molecular flexibility index (Phi) is 5.13. The largest absolute Gasteiger partial charge is 0.416 e. The van der Waals surface area contributed by atoms with Crippen LogP contribution < -0.4 is 5.32 Å². The van der Waals surface area contributed by atoms with Gasteiger partial charge in [0.15, 0.2) is 0 Å². The van der Waals surface area contributed by atoms with Gasteiger partial charge in [0.05, 0.1) is 11.3 Å². The maximum absolute atomic E-state index is 14.2. The summed E-state index contributed by atoms with van der Waals surface area (Å²) < 4.78 is 52.2. The van der Waals surface area contributed by atoms with Crippen LogP contribution in [-0.4, -0.2) is 41.3 Å². The van der Waals surface area contributed by atoms with Crippen LogP contribution in [-0.2, 0) is 6.18 Å². The number of alkyl halides is 3. The number of piperidine rings is 1. The molecule has 0 radical (unpaired) electrons. The second kappa shape index (κ2) is 7.19. The number of nitrogens with zero attached hydrogens (tertiary/aromatic N) is 3. The van der Waals surface area contributed by atoms with Gasteiger partial charge in [0.2, 0.25) is 0 Å². The lowest BCUT2D eigenvalue weighted by Gasteiger charge is -2.30. The topological polar surface area (TPSA) is 41.0 Å². The quantitative estimate of drug-likeness (QED) is 0.828. The standard InChI is InChI=1S/C18H20F4N4/c1-11-8-16(23-13-4-3-7-26(2)10-13)24-25-17(11)14-6-5-12(9-15(14)19)18(20,21)22/h5-6,8-9,13H,3-4,7,10H2,1-2H3,(H,23,24)/t13-/m1/s1. The Morgan fingerprint density at radius 3 is 2.58 bits per heavy atom. The van der Waals surface area contributed by atoms with Gasteiger partial charge in [-0.1, -0.05) is 0 Å². The molecule has 8 heteroatoms. The molecule has 140 valence electrons. The third-order valence-electron chi connectivity index (χ3n) is 4.51. The van der Waals surface area contributed by atoms with Crippen molar-refractivity contribution in [3.63, 3.8) is 0 Å². The highest BCUT2D eigenvalue weighted by atomic mass is 19.4. The third-order valence-corrected chi connectivity index (χ3v) is 4.51. The predicted octanol–water partition coefficient (Wildman–Crippen LogP) is 4.12. The van der Waals surface area contributed by atoms with Gasteiger partial charge in [-0.15, -0.1) is 10.2 Å².